The standard InChI is InChI=1S/C13H22N2O4S/c1-13(2,7-11(17)18)6-10(16)14-12(19)15(3)9-4-5-20-8-9/h9H,4-8H2,1-3H3,(H,17,18)(H,14,16,19). The van der Waals surface area contributed by atoms with Gasteiger partial charge >= 0.3 is 12.0 Å². The van der Waals surface area contributed by atoms with Crippen molar-refractivity contribution in [3.05, 3.63) is 0 Å². The van der Waals surface area contributed by atoms with E-state index in [1.807, 2.05) is 0 Å². The summed E-state index contributed by atoms with van der Waals surface area (Å²) in [4.78, 5) is 36.0. The second-order valence-electron chi connectivity index (χ2n) is 5.89. The van der Waals surface area contributed by atoms with Crippen LogP contribution in [0.2, 0.25) is 0 Å². The maximum Gasteiger partial charge on any atom is 0.324 e. The first kappa shape index (κ1) is 16.8. The predicted molar refractivity (Wildman–Crippen MR) is 77.7 cm³/mol. The van der Waals surface area contributed by atoms with Crippen LogP contribution in [0.4, 0.5) is 4.79 Å². The molecule has 0 radical (unpaired) electrons. The van der Waals surface area contributed by atoms with E-state index >= 15 is 0 Å². The molecule has 0 saturated carbocycles. The van der Waals surface area contributed by atoms with Gasteiger partial charge in [-0.15, -0.1) is 0 Å². The van der Waals surface area contributed by atoms with Crippen LogP contribution in [0.5, 0.6) is 0 Å². The van der Waals surface area contributed by atoms with Crippen molar-refractivity contribution in [3.8, 4) is 0 Å². The Labute approximate surface area is 123 Å². The number of hydrogen-bond acceptors (Lipinski definition) is 4. The quantitative estimate of drug-likeness (QED) is 0.804. The molecule has 0 bridgehead atoms. The highest BCUT2D eigenvalue weighted by Crippen LogP contribution is 2.25. The number of rotatable bonds is 5. The van der Waals surface area contributed by atoms with Crippen LogP contribution in [0.25, 0.3) is 0 Å². The molecule has 0 aromatic rings. The second-order valence-corrected chi connectivity index (χ2v) is 7.04. The van der Waals surface area contributed by atoms with Crippen LogP contribution in [-0.4, -0.2) is 52.5 Å². The molecular formula is C13H22N2O4S. The summed E-state index contributed by atoms with van der Waals surface area (Å²) in [5.41, 5.74) is -0.669. The number of hydrogen-bond donors (Lipinski definition) is 2. The lowest BCUT2D eigenvalue weighted by atomic mass is 9.85. The fourth-order valence-corrected chi connectivity index (χ4v) is 3.42. The number of nitrogens with one attached hydrogen (secondary N) is 1. The maximum absolute atomic E-state index is 11.9. The minimum Gasteiger partial charge on any atom is -0.481 e. The Morgan fingerprint density at radius 1 is 1.35 bits per heavy atom. The Hall–Kier alpha value is -1.24. The molecule has 0 aromatic heterocycles. The number of imide groups is 1. The molecule has 20 heavy (non-hydrogen) atoms. The highest BCUT2D eigenvalue weighted by Gasteiger charge is 2.28. The number of carbonyl (C=O) groups is 3. The largest absolute Gasteiger partial charge is 0.481 e. The zero-order chi connectivity index (χ0) is 15.3. The summed E-state index contributed by atoms with van der Waals surface area (Å²) in [6.07, 6.45) is 0.843. The number of carboxylic acids is 1. The van der Waals surface area contributed by atoms with Crippen LogP contribution >= 0.6 is 11.8 Å². The molecular weight excluding hydrogens is 280 g/mol. The number of carbonyl (C=O) groups excluding carboxylic acids is 2. The van der Waals surface area contributed by atoms with Gasteiger partial charge < -0.3 is 10.0 Å². The lowest BCUT2D eigenvalue weighted by molar-refractivity contribution is -0.139. The summed E-state index contributed by atoms with van der Waals surface area (Å²) in [5.74, 6) is 0.540. The van der Waals surface area contributed by atoms with Gasteiger partial charge in [0.2, 0.25) is 5.91 Å². The molecule has 1 saturated heterocycles. The van der Waals surface area contributed by atoms with Crippen LogP contribution in [0.15, 0.2) is 0 Å². The van der Waals surface area contributed by atoms with Crippen molar-refractivity contribution in [2.75, 3.05) is 18.6 Å². The minimum absolute atomic E-state index is 0.0122. The number of carboxylic acid groups (broad SMARTS) is 1. The first-order valence-electron chi connectivity index (χ1n) is 6.57. The average Bonchev–Trinajstić information content (AvgIpc) is 2.77. The molecule has 0 aliphatic carbocycles. The van der Waals surface area contributed by atoms with E-state index in [0.29, 0.717) is 0 Å². The van der Waals surface area contributed by atoms with E-state index in [2.05, 4.69) is 5.32 Å². The Morgan fingerprint density at radius 2 is 2.00 bits per heavy atom. The molecule has 1 heterocycles. The molecule has 1 atom stereocenters. The molecule has 1 fully saturated rings. The van der Waals surface area contributed by atoms with Gasteiger partial charge in [-0.3, -0.25) is 14.9 Å². The normalized spacial score (nSPS) is 18.6. The second kappa shape index (κ2) is 6.97. The zero-order valence-corrected chi connectivity index (χ0v) is 13.0. The third-order valence-corrected chi connectivity index (χ3v) is 4.43. The van der Waals surface area contributed by atoms with Gasteiger partial charge in [-0.25, -0.2) is 4.79 Å². The van der Waals surface area contributed by atoms with Crippen molar-refractivity contribution in [3.63, 3.8) is 0 Å². The Bertz CT molecular complexity index is 392. The number of aliphatic carboxylic acids is 1. The van der Waals surface area contributed by atoms with Crippen molar-refractivity contribution in [2.45, 2.75) is 39.2 Å². The van der Waals surface area contributed by atoms with E-state index in [1.165, 1.54) is 0 Å². The van der Waals surface area contributed by atoms with Gasteiger partial charge in [0.1, 0.15) is 0 Å². The molecule has 1 rings (SSSR count). The minimum atomic E-state index is -0.950. The molecule has 1 unspecified atom stereocenters. The Balaban J connectivity index is 2.44. The van der Waals surface area contributed by atoms with Crippen molar-refractivity contribution in [2.24, 2.45) is 5.41 Å². The Kier molecular flexibility index (Phi) is 5.86. The first-order valence-corrected chi connectivity index (χ1v) is 7.73. The monoisotopic (exact) mass is 302 g/mol. The summed E-state index contributed by atoms with van der Waals surface area (Å²) in [5, 5.41) is 11.1. The molecule has 6 nitrogen and oxygen atoms in total. The van der Waals surface area contributed by atoms with Gasteiger partial charge in [0, 0.05) is 25.3 Å². The highest BCUT2D eigenvalue weighted by atomic mass is 32.2. The van der Waals surface area contributed by atoms with Crippen LogP contribution < -0.4 is 5.32 Å². The molecule has 114 valence electrons. The molecule has 2 N–H and O–H groups in total. The number of urea groups is 1. The number of nitrogens with zero attached hydrogens (tertiary/aromatic N) is 1. The molecule has 3 amide bonds. The summed E-state index contributed by atoms with van der Waals surface area (Å²) in [6, 6.07) is -0.242. The van der Waals surface area contributed by atoms with Gasteiger partial charge in [0.15, 0.2) is 0 Å². The fourth-order valence-electron chi connectivity index (χ4n) is 2.15. The third-order valence-electron chi connectivity index (χ3n) is 3.29. The van der Waals surface area contributed by atoms with Gasteiger partial charge in [-0.1, -0.05) is 13.8 Å². The average molecular weight is 302 g/mol. The van der Waals surface area contributed by atoms with E-state index in [4.69, 9.17) is 5.11 Å². The SMILES string of the molecule is CN(C(=O)NC(=O)CC(C)(C)CC(=O)O)C1CCSC1. The lowest BCUT2D eigenvalue weighted by Gasteiger charge is -2.25. The van der Waals surface area contributed by atoms with Crippen molar-refractivity contribution in [1.29, 1.82) is 0 Å². The van der Waals surface area contributed by atoms with E-state index in [-0.39, 0.29) is 18.9 Å². The zero-order valence-electron chi connectivity index (χ0n) is 12.1. The van der Waals surface area contributed by atoms with Crippen LogP contribution in [0.3, 0.4) is 0 Å². The fraction of sp³-hybridized carbons (Fsp3) is 0.769. The predicted octanol–water partition coefficient (Wildman–Crippen LogP) is 1.55. The summed E-state index contributed by atoms with van der Waals surface area (Å²) < 4.78 is 0. The highest BCUT2D eigenvalue weighted by molar-refractivity contribution is 7.99. The van der Waals surface area contributed by atoms with Crippen LogP contribution in [0, 0.1) is 5.41 Å². The lowest BCUT2D eigenvalue weighted by Crippen LogP contribution is -2.46. The van der Waals surface area contributed by atoms with E-state index < -0.39 is 23.3 Å². The topological polar surface area (TPSA) is 86.7 Å². The van der Waals surface area contributed by atoms with Crippen molar-refractivity contribution >= 4 is 29.7 Å². The molecule has 0 aromatic carbocycles. The molecule has 7 heteroatoms. The van der Waals surface area contributed by atoms with E-state index in [1.54, 1.807) is 37.6 Å². The molecule has 1 aliphatic heterocycles. The molecule has 1 aliphatic rings. The maximum atomic E-state index is 11.9. The van der Waals surface area contributed by atoms with Crippen molar-refractivity contribution in [1.82, 2.24) is 10.2 Å². The van der Waals surface area contributed by atoms with Crippen LogP contribution in [-0.2, 0) is 9.59 Å². The summed E-state index contributed by atoms with van der Waals surface area (Å²) in [6.45, 7) is 3.39. The number of amides is 3. The van der Waals surface area contributed by atoms with Gasteiger partial charge in [0.25, 0.3) is 0 Å². The first-order chi connectivity index (χ1) is 9.21. The van der Waals surface area contributed by atoms with Crippen LogP contribution in [0.1, 0.15) is 33.1 Å². The van der Waals surface area contributed by atoms with Gasteiger partial charge in [0.05, 0.1) is 6.42 Å². The summed E-state index contributed by atoms with van der Waals surface area (Å²) >= 11 is 1.79. The Morgan fingerprint density at radius 3 is 2.50 bits per heavy atom. The third kappa shape index (κ3) is 5.40. The van der Waals surface area contributed by atoms with Crippen molar-refractivity contribution < 1.29 is 19.5 Å². The smallest absolute Gasteiger partial charge is 0.324 e. The summed E-state index contributed by atoms with van der Waals surface area (Å²) in [7, 11) is 1.68. The van der Waals surface area contributed by atoms with E-state index in [9.17, 15) is 14.4 Å². The van der Waals surface area contributed by atoms with Gasteiger partial charge in [-0.2, -0.15) is 11.8 Å². The van der Waals surface area contributed by atoms with E-state index in [0.717, 1.165) is 17.9 Å². The van der Waals surface area contributed by atoms with Gasteiger partial charge in [-0.05, 0) is 17.6 Å². The molecule has 0 spiro atoms. The number of thioether (sulfide) groups is 1.